The first-order chi connectivity index (χ1) is 12.5. The molecule has 1 saturated heterocycles. The molecule has 0 radical (unpaired) electrons. The van der Waals surface area contributed by atoms with Crippen LogP contribution in [-0.4, -0.2) is 52.5 Å². The molecule has 138 valence electrons. The van der Waals surface area contributed by atoms with E-state index >= 15 is 0 Å². The number of piperazine rings is 1. The largest absolute Gasteiger partial charge is 0.353 e. The van der Waals surface area contributed by atoms with Crippen molar-refractivity contribution in [2.45, 2.75) is 39.3 Å². The molecule has 26 heavy (non-hydrogen) atoms. The van der Waals surface area contributed by atoms with Gasteiger partial charge in [-0.2, -0.15) is 5.10 Å². The molecule has 1 N–H and O–H groups in total. The van der Waals surface area contributed by atoms with Gasteiger partial charge in [0.2, 0.25) is 11.8 Å². The minimum Gasteiger partial charge on any atom is -0.353 e. The zero-order valence-electron chi connectivity index (χ0n) is 15.1. The Labute approximate surface area is 153 Å². The summed E-state index contributed by atoms with van der Waals surface area (Å²) in [5.41, 5.74) is 1.30. The van der Waals surface area contributed by atoms with Crippen LogP contribution in [0.3, 0.4) is 0 Å². The van der Waals surface area contributed by atoms with Gasteiger partial charge in [0.15, 0.2) is 0 Å². The summed E-state index contributed by atoms with van der Waals surface area (Å²) in [6.45, 7) is 5.07. The fraction of sp³-hybridized carbons (Fsp3) is 0.474. The van der Waals surface area contributed by atoms with Crippen LogP contribution in [0.4, 0.5) is 0 Å². The summed E-state index contributed by atoms with van der Waals surface area (Å²) in [7, 11) is 0. The normalized spacial score (nSPS) is 20.9. The Bertz CT molecular complexity index is 730. The van der Waals surface area contributed by atoms with Crippen molar-refractivity contribution in [3.63, 3.8) is 0 Å². The molecule has 1 aromatic rings. The summed E-state index contributed by atoms with van der Waals surface area (Å²) in [4.78, 5) is 39.0. The van der Waals surface area contributed by atoms with Gasteiger partial charge in [-0.3, -0.25) is 14.4 Å². The summed E-state index contributed by atoms with van der Waals surface area (Å²) in [5, 5.41) is 8.50. The van der Waals surface area contributed by atoms with Crippen LogP contribution in [-0.2, 0) is 20.9 Å². The van der Waals surface area contributed by atoms with Crippen LogP contribution in [0.25, 0.3) is 0 Å². The Morgan fingerprint density at radius 1 is 1.23 bits per heavy atom. The molecule has 1 fully saturated rings. The number of rotatable bonds is 4. The molecule has 0 spiro atoms. The smallest absolute Gasteiger partial charge is 0.270 e. The molecule has 3 amide bonds. The van der Waals surface area contributed by atoms with Gasteiger partial charge < -0.3 is 10.2 Å². The number of benzene rings is 1. The monoisotopic (exact) mass is 356 g/mol. The Balaban J connectivity index is 1.80. The van der Waals surface area contributed by atoms with E-state index in [-0.39, 0.29) is 30.1 Å². The van der Waals surface area contributed by atoms with E-state index in [1.807, 2.05) is 44.2 Å². The quantitative estimate of drug-likeness (QED) is 0.878. The molecule has 1 atom stereocenters. The van der Waals surface area contributed by atoms with Gasteiger partial charge in [0, 0.05) is 25.9 Å². The number of hydrazone groups is 1. The predicted octanol–water partition coefficient (Wildman–Crippen LogP) is 1.15. The lowest BCUT2D eigenvalue weighted by Gasteiger charge is -2.38. The molecule has 1 aromatic carbocycles. The summed E-state index contributed by atoms with van der Waals surface area (Å²) in [5.74, 6) is -0.468. The highest BCUT2D eigenvalue weighted by Gasteiger charge is 2.38. The summed E-state index contributed by atoms with van der Waals surface area (Å²) in [6.07, 6.45) is 0.565. The zero-order valence-corrected chi connectivity index (χ0v) is 15.1. The van der Waals surface area contributed by atoms with Crippen LogP contribution in [0.2, 0.25) is 0 Å². The van der Waals surface area contributed by atoms with Crippen LogP contribution in [0.15, 0.2) is 35.4 Å². The van der Waals surface area contributed by atoms with E-state index in [2.05, 4.69) is 10.4 Å². The van der Waals surface area contributed by atoms with Gasteiger partial charge in [-0.25, -0.2) is 5.01 Å². The van der Waals surface area contributed by atoms with Crippen LogP contribution in [0.5, 0.6) is 0 Å². The van der Waals surface area contributed by atoms with E-state index in [0.717, 1.165) is 5.56 Å². The van der Waals surface area contributed by atoms with Crippen molar-refractivity contribution in [3.8, 4) is 0 Å². The molecule has 0 saturated carbocycles. The van der Waals surface area contributed by atoms with Gasteiger partial charge >= 0.3 is 0 Å². The minimum atomic E-state index is -0.501. The van der Waals surface area contributed by atoms with Gasteiger partial charge in [0.05, 0.1) is 6.54 Å². The average molecular weight is 356 g/mol. The van der Waals surface area contributed by atoms with Gasteiger partial charge in [0.25, 0.3) is 5.91 Å². The van der Waals surface area contributed by atoms with E-state index in [1.54, 1.807) is 4.90 Å². The Hall–Kier alpha value is -2.70. The van der Waals surface area contributed by atoms with Crippen molar-refractivity contribution < 1.29 is 14.4 Å². The van der Waals surface area contributed by atoms with Crippen LogP contribution in [0.1, 0.15) is 32.3 Å². The van der Waals surface area contributed by atoms with Crippen molar-refractivity contribution in [2.24, 2.45) is 11.0 Å². The van der Waals surface area contributed by atoms with Crippen molar-refractivity contribution in [1.82, 2.24) is 15.2 Å². The lowest BCUT2D eigenvalue weighted by atomic mass is 9.98. The summed E-state index contributed by atoms with van der Waals surface area (Å²) < 4.78 is 0. The number of amides is 3. The number of hydrogen-bond donors (Lipinski definition) is 1. The van der Waals surface area contributed by atoms with Gasteiger partial charge in [-0.15, -0.1) is 0 Å². The number of hydrogen-bond acceptors (Lipinski definition) is 4. The molecule has 2 aliphatic heterocycles. The number of carbonyl (C=O) groups is 3. The lowest BCUT2D eigenvalue weighted by Crippen LogP contribution is -2.60. The summed E-state index contributed by atoms with van der Waals surface area (Å²) >= 11 is 0. The number of carbonyl (C=O) groups excluding carboxylic acids is 3. The zero-order chi connectivity index (χ0) is 18.7. The molecule has 0 aromatic heterocycles. The first kappa shape index (κ1) is 18.1. The minimum absolute atomic E-state index is 0.00509. The topological polar surface area (TPSA) is 82.1 Å². The molecular weight excluding hydrogens is 332 g/mol. The number of nitrogens with one attached hydrogen (secondary N) is 1. The molecule has 3 rings (SSSR count). The van der Waals surface area contributed by atoms with E-state index in [4.69, 9.17) is 0 Å². The maximum absolute atomic E-state index is 13.0. The summed E-state index contributed by atoms with van der Waals surface area (Å²) in [6, 6.07) is 9.05. The maximum atomic E-state index is 13.0. The standard InChI is InChI=1S/C19H24N4O3/c1-13(2)17-18(25)20-10-11-22(17)19(26)15-8-9-16(24)23(21-15)12-14-6-4-3-5-7-14/h3-7,13,17H,8-12H2,1-2H3,(H,20,25). The highest BCUT2D eigenvalue weighted by molar-refractivity contribution is 6.39. The van der Waals surface area contributed by atoms with Crippen molar-refractivity contribution in [2.75, 3.05) is 13.1 Å². The maximum Gasteiger partial charge on any atom is 0.270 e. The van der Waals surface area contributed by atoms with Crippen molar-refractivity contribution in [3.05, 3.63) is 35.9 Å². The highest BCUT2D eigenvalue weighted by Crippen LogP contribution is 2.19. The van der Waals surface area contributed by atoms with Crippen LogP contribution in [0, 0.1) is 5.92 Å². The number of nitrogens with zero attached hydrogens (tertiary/aromatic N) is 3. The molecule has 0 aliphatic carbocycles. The fourth-order valence-corrected chi connectivity index (χ4v) is 3.38. The van der Waals surface area contributed by atoms with Gasteiger partial charge in [-0.1, -0.05) is 44.2 Å². The second kappa shape index (κ2) is 7.68. The van der Waals surface area contributed by atoms with E-state index < -0.39 is 6.04 Å². The Morgan fingerprint density at radius 2 is 1.96 bits per heavy atom. The third kappa shape index (κ3) is 3.76. The van der Waals surface area contributed by atoms with Gasteiger partial charge in [-0.05, 0) is 11.5 Å². The first-order valence-electron chi connectivity index (χ1n) is 8.98. The molecule has 2 heterocycles. The predicted molar refractivity (Wildman–Crippen MR) is 97.0 cm³/mol. The third-order valence-electron chi connectivity index (χ3n) is 4.68. The van der Waals surface area contributed by atoms with Crippen molar-refractivity contribution in [1.29, 1.82) is 0 Å². The Kier molecular flexibility index (Phi) is 5.35. The molecule has 2 aliphatic rings. The Morgan fingerprint density at radius 3 is 2.65 bits per heavy atom. The average Bonchev–Trinajstić information content (AvgIpc) is 2.63. The molecule has 7 nitrogen and oxygen atoms in total. The highest BCUT2D eigenvalue weighted by atomic mass is 16.2. The molecular formula is C19H24N4O3. The second-order valence-corrected chi connectivity index (χ2v) is 6.96. The fourth-order valence-electron chi connectivity index (χ4n) is 3.38. The van der Waals surface area contributed by atoms with Gasteiger partial charge in [0.1, 0.15) is 11.8 Å². The molecule has 7 heteroatoms. The van der Waals surface area contributed by atoms with E-state index in [1.165, 1.54) is 5.01 Å². The SMILES string of the molecule is CC(C)C1C(=O)NCCN1C(=O)C1=NN(Cc2ccccc2)C(=O)CC1. The molecule has 1 unspecified atom stereocenters. The van der Waals surface area contributed by atoms with Crippen LogP contribution < -0.4 is 5.32 Å². The molecule has 0 bridgehead atoms. The second-order valence-electron chi connectivity index (χ2n) is 6.96. The van der Waals surface area contributed by atoms with Crippen LogP contribution >= 0.6 is 0 Å². The lowest BCUT2D eigenvalue weighted by molar-refractivity contribution is -0.141. The van der Waals surface area contributed by atoms with E-state index in [9.17, 15) is 14.4 Å². The third-order valence-corrected chi connectivity index (χ3v) is 4.68. The first-order valence-corrected chi connectivity index (χ1v) is 8.98. The van der Waals surface area contributed by atoms with Crippen molar-refractivity contribution >= 4 is 23.4 Å². The van der Waals surface area contributed by atoms with E-state index in [0.29, 0.717) is 31.8 Å².